The molecule has 1 saturated heterocycles. The lowest BCUT2D eigenvalue weighted by molar-refractivity contribution is -0.130. The monoisotopic (exact) mass is 332 g/mol. The lowest BCUT2D eigenvalue weighted by Crippen LogP contribution is -2.32. The first-order chi connectivity index (χ1) is 11.6. The van der Waals surface area contributed by atoms with E-state index in [2.05, 4.69) is 11.9 Å². The molecule has 0 radical (unpaired) electrons. The molecule has 24 heavy (non-hydrogen) atoms. The summed E-state index contributed by atoms with van der Waals surface area (Å²) in [6, 6.07) is 6.01. The first-order valence-corrected chi connectivity index (χ1v) is 8.93. The van der Waals surface area contributed by atoms with Crippen LogP contribution in [0.5, 0.6) is 11.5 Å². The molecule has 5 heteroatoms. The molecule has 2 aliphatic heterocycles. The minimum atomic E-state index is 0.219. The second-order valence-corrected chi connectivity index (χ2v) is 7.02. The Hall–Kier alpha value is -1.75. The van der Waals surface area contributed by atoms with Gasteiger partial charge in [0, 0.05) is 33.0 Å². The summed E-state index contributed by atoms with van der Waals surface area (Å²) in [5.74, 6) is 2.45. The molecule has 5 nitrogen and oxygen atoms in total. The van der Waals surface area contributed by atoms with Gasteiger partial charge in [0.25, 0.3) is 0 Å². The topological polar surface area (TPSA) is 42.0 Å². The predicted octanol–water partition coefficient (Wildman–Crippen LogP) is 2.19. The van der Waals surface area contributed by atoms with Crippen LogP contribution in [0.25, 0.3) is 0 Å². The molecule has 0 spiro atoms. The molecule has 1 aromatic carbocycles. The van der Waals surface area contributed by atoms with Crippen molar-refractivity contribution >= 4 is 5.91 Å². The van der Waals surface area contributed by atoms with Crippen molar-refractivity contribution in [2.75, 3.05) is 46.9 Å². The van der Waals surface area contributed by atoms with Gasteiger partial charge in [-0.25, -0.2) is 0 Å². The fraction of sp³-hybridized carbons (Fsp3) is 0.632. The van der Waals surface area contributed by atoms with Gasteiger partial charge in [-0.1, -0.05) is 6.07 Å². The highest BCUT2D eigenvalue weighted by Gasteiger charge is 2.22. The van der Waals surface area contributed by atoms with Gasteiger partial charge in [-0.05, 0) is 50.0 Å². The molecule has 1 atom stereocenters. The third-order valence-corrected chi connectivity index (χ3v) is 4.89. The van der Waals surface area contributed by atoms with Crippen LogP contribution in [0.15, 0.2) is 18.2 Å². The second-order valence-electron chi connectivity index (χ2n) is 7.02. The fourth-order valence-electron chi connectivity index (χ4n) is 3.47. The Morgan fingerprint density at radius 1 is 1.29 bits per heavy atom. The molecule has 132 valence electrons. The van der Waals surface area contributed by atoms with E-state index in [4.69, 9.17) is 9.47 Å². The van der Waals surface area contributed by atoms with Gasteiger partial charge >= 0.3 is 0 Å². The maximum atomic E-state index is 12.4. The van der Waals surface area contributed by atoms with E-state index in [1.807, 2.05) is 30.1 Å². The number of nitrogens with zero attached hydrogens (tertiary/aromatic N) is 2. The van der Waals surface area contributed by atoms with Gasteiger partial charge in [-0.15, -0.1) is 0 Å². The molecule has 0 N–H and O–H groups in total. The lowest BCUT2D eigenvalue weighted by Gasteiger charge is -2.21. The number of carbonyl (C=O) groups is 1. The normalized spacial score (nSPS) is 20.7. The molecule has 1 aromatic rings. The minimum absolute atomic E-state index is 0.219. The van der Waals surface area contributed by atoms with E-state index in [-0.39, 0.29) is 5.91 Å². The summed E-state index contributed by atoms with van der Waals surface area (Å²) in [7, 11) is 4.07. The highest BCUT2D eigenvalue weighted by molar-refractivity contribution is 5.76. The first kappa shape index (κ1) is 17.1. The summed E-state index contributed by atoms with van der Waals surface area (Å²) in [5, 5.41) is 0. The minimum Gasteiger partial charge on any atom is -0.490 e. The molecule has 0 bridgehead atoms. The molecule has 0 unspecified atom stereocenters. The van der Waals surface area contributed by atoms with Crippen molar-refractivity contribution in [1.29, 1.82) is 0 Å². The summed E-state index contributed by atoms with van der Waals surface area (Å²) in [6.45, 7) is 4.49. The highest BCUT2D eigenvalue weighted by Crippen LogP contribution is 2.30. The third-order valence-electron chi connectivity index (χ3n) is 4.89. The first-order valence-electron chi connectivity index (χ1n) is 8.93. The Morgan fingerprint density at radius 3 is 2.83 bits per heavy atom. The Kier molecular flexibility index (Phi) is 5.61. The van der Waals surface area contributed by atoms with Gasteiger partial charge in [-0.2, -0.15) is 0 Å². The van der Waals surface area contributed by atoms with Crippen molar-refractivity contribution in [1.82, 2.24) is 9.80 Å². The fourth-order valence-corrected chi connectivity index (χ4v) is 3.47. The number of fused-ring (bicyclic) bond motifs is 1. The zero-order valence-corrected chi connectivity index (χ0v) is 14.8. The molecule has 1 amide bonds. The molecule has 2 aliphatic rings. The number of amides is 1. The highest BCUT2D eigenvalue weighted by atomic mass is 16.5. The number of hydrogen-bond donors (Lipinski definition) is 0. The number of aryl methyl sites for hydroxylation is 1. The van der Waals surface area contributed by atoms with Gasteiger partial charge in [0.1, 0.15) is 0 Å². The zero-order chi connectivity index (χ0) is 16.9. The van der Waals surface area contributed by atoms with Crippen LogP contribution in [0.4, 0.5) is 0 Å². The van der Waals surface area contributed by atoms with Crippen LogP contribution in [0.2, 0.25) is 0 Å². The SMILES string of the molecule is CN1CC[C@@H](CN(C)C(=O)CCc2ccc3c(c2)OCCCO3)C1. The smallest absolute Gasteiger partial charge is 0.222 e. The molecule has 0 aliphatic carbocycles. The molecular weight excluding hydrogens is 304 g/mol. The number of benzene rings is 1. The number of hydrogen-bond acceptors (Lipinski definition) is 4. The zero-order valence-electron chi connectivity index (χ0n) is 14.8. The van der Waals surface area contributed by atoms with Crippen LogP contribution < -0.4 is 9.47 Å². The molecule has 0 saturated carbocycles. The average molecular weight is 332 g/mol. The average Bonchev–Trinajstić information content (AvgIpc) is 2.84. The van der Waals surface area contributed by atoms with E-state index < -0.39 is 0 Å². The van der Waals surface area contributed by atoms with Gasteiger partial charge in [0.05, 0.1) is 13.2 Å². The van der Waals surface area contributed by atoms with Crippen molar-refractivity contribution in [3.63, 3.8) is 0 Å². The van der Waals surface area contributed by atoms with Crippen molar-refractivity contribution in [3.05, 3.63) is 23.8 Å². The Balaban J connectivity index is 1.49. The van der Waals surface area contributed by atoms with Crippen LogP contribution in [0, 0.1) is 5.92 Å². The maximum absolute atomic E-state index is 12.4. The molecule has 0 aromatic heterocycles. The molecule has 3 rings (SSSR count). The molecule has 2 heterocycles. The van der Waals surface area contributed by atoms with E-state index in [9.17, 15) is 4.79 Å². The van der Waals surface area contributed by atoms with Crippen LogP contribution in [0.3, 0.4) is 0 Å². The van der Waals surface area contributed by atoms with Crippen LogP contribution in [-0.2, 0) is 11.2 Å². The summed E-state index contributed by atoms with van der Waals surface area (Å²) in [6.07, 6.45) is 3.38. The summed E-state index contributed by atoms with van der Waals surface area (Å²) < 4.78 is 11.4. The van der Waals surface area contributed by atoms with Gasteiger partial charge in [0.15, 0.2) is 11.5 Å². The summed E-state index contributed by atoms with van der Waals surface area (Å²) >= 11 is 0. The maximum Gasteiger partial charge on any atom is 0.222 e. The van der Waals surface area contributed by atoms with E-state index >= 15 is 0 Å². The van der Waals surface area contributed by atoms with Crippen LogP contribution in [0.1, 0.15) is 24.8 Å². The summed E-state index contributed by atoms with van der Waals surface area (Å²) in [4.78, 5) is 16.6. The summed E-state index contributed by atoms with van der Waals surface area (Å²) in [5.41, 5.74) is 1.13. The number of likely N-dealkylation sites (tertiary alicyclic amines) is 1. The van der Waals surface area contributed by atoms with E-state index in [0.29, 0.717) is 25.6 Å². The van der Waals surface area contributed by atoms with Gasteiger partial charge in [0.2, 0.25) is 5.91 Å². The number of carbonyl (C=O) groups excluding carboxylic acids is 1. The number of rotatable bonds is 5. The Morgan fingerprint density at radius 2 is 2.08 bits per heavy atom. The molecule has 1 fully saturated rings. The third kappa shape index (κ3) is 4.41. The predicted molar refractivity (Wildman–Crippen MR) is 93.6 cm³/mol. The van der Waals surface area contributed by atoms with Crippen molar-refractivity contribution in [3.8, 4) is 11.5 Å². The van der Waals surface area contributed by atoms with Gasteiger partial charge < -0.3 is 19.3 Å². The Bertz CT molecular complexity index is 576. The Labute approximate surface area is 144 Å². The van der Waals surface area contributed by atoms with Crippen molar-refractivity contribution in [2.45, 2.75) is 25.7 Å². The number of ether oxygens (including phenoxy) is 2. The quantitative estimate of drug-likeness (QED) is 0.829. The second kappa shape index (κ2) is 7.88. The lowest BCUT2D eigenvalue weighted by atomic mass is 10.1. The van der Waals surface area contributed by atoms with E-state index in [1.54, 1.807) is 0 Å². The van der Waals surface area contributed by atoms with Crippen molar-refractivity contribution < 1.29 is 14.3 Å². The van der Waals surface area contributed by atoms with Crippen LogP contribution in [-0.4, -0.2) is 62.7 Å². The van der Waals surface area contributed by atoms with E-state index in [0.717, 1.165) is 49.5 Å². The van der Waals surface area contributed by atoms with Crippen LogP contribution >= 0.6 is 0 Å². The standard InChI is InChI=1S/C19H28N2O3/c1-20-9-8-16(13-20)14-21(2)19(22)7-5-15-4-6-17-18(12-15)24-11-3-10-23-17/h4,6,12,16H,3,5,7-11,13-14H2,1-2H3/t16-/m1/s1. The van der Waals surface area contributed by atoms with E-state index in [1.165, 1.54) is 6.42 Å². The largest absolute Gasteiger partial charge is 0.490 e. The van der Waals surface area contributed by atoms with Crippen molar-refractivity contribution in [2.24, 2.45) is 5.92 Å². The van der Waals surface area contributed by atoms with Gasteiger partial charge in [-0.3, -0.25) is 4.79 Å². The molecular formula is C19H28N2O3.